The number of rotatable bonds is 3. The first-order valence-corrected chi connectivity index (χ1v) is 9.60. The molecule has 31 heavy (non-hydrogen) atoms. The minimum Gasteiger partial charge on any atom is -0.438 e. The van der Waals surface area contributed by atoms with Crippen LogP contribution in [0, 0.1) is 5.82 Å². The fourth-order valence-corrected chi connectivity index (χ4v) is 4.33. The lowest BCUT2D eigenvalue weighted by Crippen LogP contribution is -2.45. The molecule has 1 amide bonds. The van der Waals surface area contributed by atoms with Gasteiger partial charge in [-0.25, -0.2) is 28.1 Å². The van der Waals surface area contributed by atoms with Crippen LogP contribution in [0.15, 0.2) is 39.8 Å². The highest BCUT2D eigenvalue weighted by atomic mass is 19.3. The first-order chi connectivity index (χ1) is 15.0. The Bertz CT molecular complexity index is 1320. The lowest BCUT2D eigenvalue weighted by Gasteiger charge is -2.37. The molecule has 4 aromatic rings. The number of nitrogens with one attached hydrogen (secondary N) is 1. The van der Waals surface area contributed by atoms with Crippen LogP contribution in [0.2, 0.25) is 0 Å². The molecule has 4 heterocycles. The summed E-state index contributed by atoms with van der Waals surface area (Å²) in [6.45, 7) is 0.219. The zero-order valence-electron chi connectivity index (χ0n) is 15.8. The van der Waals surface area contributed by atoms with Crippen LogP contribution in [0.25, 0.3) is 11.1 Å². The normalized spacial score (nSPS) is 19.4. The average molecular weight is 429 g/mol. The summed E-state index contributed by atoms with van der Waals surface area (Å²) >= 11 is 0. The van der Waals surface area contributed by atoms with Gasteiger partial charge in [-0.05, 0) is 25.0 Å². The number of fused-ring (bicyclic) bond motifs is 3. The Kier molecular flexibility index (Phi) is 3.63. The predicted molar refractivity (Wildman–Crippen MR) is 97.8 cm³/mol. The van der Waals surface area contributed by atoms with Gasteiger partial charge in [0, 0.05) is 17.7 Å². The topological polar surface area (TPSA) is 101 Å². The number of carbonyl (C=O) groups is 1. The van der Waals surface area contributed by atoms with Crippen molar-refractivity contribution in [1.29, 1.82) is 0 Å². The molecular weight excluding hydrogens is 415 g/mol. The smallest absolute Gasteiger partial charge is 0.292 e. The second kappa shape index (κ2) is 6.19. The number of para-hydroxylation sites is 1. The van der Waals surface area contributed by atoms with E-state index in [0.29, 0.717) is 5.69 Å². The van der Waals surface area contributed by atoms with E-state index in [4.69, 9.17) is 8.83 Å². The number of hydrogen-bond acceptors (Lipinski definition) is 6. The van der Waals surface area contributed by atoms with E-state index in [9.17, 15) is 18.0 Å². The van der Waals surface area contributed by atoms with Gasteiger partial charge in [-0.1, -0.05) is 6.07 Å². The van der Waals surface area contributed by atoms with E-state index in [-0.39, 0.29) is 29.0 Å². The van der Waals surface area contributed by atoms with Gasteiger partial charge in [0.05, 0.1) is 12.0 Å². The Balaban J connectivity index is 1.52. The molecule has 1 aliphatic carbocycles. The highest BCUT2D eigenvalue weighted by Crippen LogP contribution is 2.55. The van der Waals surface area contributed by atoms with Crippen LogP contribution >= 0.6 is 0 Å². The van der Waals surface area contributed by atoms with Gasteiger partial charge in [-0.15, -0.1) is 0 Å². The number of imidazole rings is 1. The molecule has 1 N–H and O–H groups in total. The van der Waals surface area contributed by atoms with Gasteiger partial charge in [0.25, 0.3) is 12.3 Å². The Morgan fingerprint density at radius 2 is 2.13 bits per heavy atom. The molecule has 1 aliphatic heterocycles. The fraction of sp³-hybridized carbons (Fsp3) is 0.300. The molecule has 1 aromatic carbocycles. The van der Waals surface area contributed by atoms with Crippen LogP contribution in [-0.4, -0.2) is 37.3 Å². The third-order valence-corrected chi connectivity index (χ3v) is 5.97. The number of oxazole rings is 2. The summed E-state index contributed by atoms with van der Waals surface area (Å²) in [4.78, 5) is 30.1. The molecule has 8 nitrogen and oxygen atoms in total. The molecule has 6 rings (SSSR count). The van der Waals surface area contributed by atoms with Crippen molar-refractivity contribution in [2.24, 2.45) is 0 Å². The predicted octanol–water partition coefficient (Wildman–Crippen LogP) is 3.89. The van der Waals surface area contributed by atoms with Crippen molar-refractivity contribution in [3.05, 3.63) is 65.5 Å². The molecule has 0 saturated heterocycles. The molecule has 11 heteroatoms. The third kappa shape index (κ3) is 2.55. The molecule has 1 fully saturated rings. The van der Waals surface area contributed by atoms with Gasteiger partial charge < -0.3 is 18.7 Å². The van der Waals surface area contributed by atoms with Crippen LogP contribution in [0.5, 0.6) is 0 Å². The van der Waals surface area contributed by atoms with E-state index in [0.717, 1.165) is 24.9 Å². The van der Waals surface area contributed by atoms with E-state index in [2.05, 4.69) is 19.9 Å². The number of aromatic nitrogens is 4. The number of H-pyrrole nitrogens is 1. The summed E-state index contributed by atoms with van der Waals surface area (Å²) in [5, 5.41) is 0. The molecule has 3 aromatic heterocycles. The van der Waals surface area contributed by atoms with Crippen LogP contribution in [0.3, 0.4) is 0 Å². The summed E-state index contributed by atoms with van der Waals surface area (Å²) in [6, 6.07) is 3.38. The van der Waals surface area contributed by atoms with Gasteiger partial charge in [0.15, 0.2) is 29.5 Å². The van der Waals surface area contributed by atoms with Gasteiger partial charge in [0.2, 0.25) is 11.7 Å². The highest BCUT2D eigenvalue weighted by Gasteiger charge is 2.56. The van der Waals surface area contributed by atoms with Gasteiger partial charge in [0.1, 0.15) is 5.52 Å². The summed E-state index contributed by atoms with van der Waals surface area (Å²) in [5.74, 6) is -1.88. The number of nitrogens with zero attached hydrogens (tertiary/aromatic N) is 4. The largest absolute Gasteiger partial charge is 0.438 e. The molecule has 2 aliphatic rings. The van der Waals surface area contributed by atoms with E-state index >= 15 is 0 Å². The standard InChI is InChI=1S/C20H14F3N5O3/c21-9-2-1-3-10-14(9)31-18(27-10)13-11-16(25-7-24-11)20(4-5-20)6-28(13)19(29)15-12(17(22)23)26-8-30-15/h1-3,7-8,13,17H,4-6H2,(H,24,25)/t13-/m0/s1. The van der Waals surface area contributed by atoms with Crippen molar-refractivity contribution in [3.8, 4) is 0 Å². The molecule has 158 valence electrons. The maximum absolute atomic E-state index is 14.2. The Hall–Kier alpha value is -3.63. The minimum atomic E-state index is -2.98. The molecule has 0 bridgehead atoms. The SMILES string of the molecule is O=C(c1ocnc1C(F)F)N1CC2(CC2)c2[nH]cnc2[C@H]1c1nc2cccc(F)c2o1. The van der Waals surface area contributed by atoms with Crippen LogP contribution < -0.4 is 0 Å². The summed E-state index contributed by atoms with van der Waals surface area (Å²) < 4.78 is 51.7. The molecular formula is C20H14F3N5O3. The first-order valence-electron chi connectivity index (χ1n) is 9.60. The molecule has 1 atom stereocenters. The zero-order valence-corrected chi connectivity index (χ0v) is 15.8. The monoisotopic (exact) mass is 429 g/mol. The minimum absolute atomic E-state index is 0.0374. The van der Waals surface area contributed by atoms with Crippen molar-refractivity contribution in [2.45, 2.75) is 30.7 Å². The van der Waals surface area contributed by atoms with Gasteiger partial charge in [-0.2, -0.15) is 0 Å². The Morgan fingerprint density at radius 3 is 2.87 bits per heavy atom. The van der Waals surface area contributed by atoms with E-state index in [1.54, 1.807) is 6.07 Å². The maximum Gasteiger partial charge on any atom is 0.292 e. The number of halogens is 3. The summed E-state index contributed by atoms with van der Waals surface area (Å²) in [5.41, 5.74) is 0.476. The number of aromatic amines is 1. The Labute approximate surface area is 172 Å². The lowest BCUT2D eigenvalue weighted by molar-refractivity contribution is 0.0586. The molecule has 0 radical (unpaired) electrons. The lowest BCUT2D eigenvalue weighted by atomic mass is 9.90. The van der Waals surface area contributed by atoms with E-state index < -0.39 is 35.6 Å². The molecule has 1 spiro atoms. The van der Waals surface area contributed by atoms with Gasteiger partial charge >= 0.3 is 0 Å². The van der Waals surface area contributed by atoms with Crippen molar-refractivity contribution in [2.75, 3.05) is 6.54 Å². The second-order valence-corrected chi connectivity index (χ2v) is 7.79. The molecule has 1 saturated carbocycles. The number of hydrogen-bond donors (Lipinski definition) is 1. The third-order valence-electron chi connectivity index (χ3n) is 5.97. The Morgan fingerprint density at radius 1 is 1.29 bits per heavy atom. The van der Waals surface area contributed by atoms with Crippen LogP contribution in [0.4, 0.5) is 13.2 Å². The number of amides is 1. The number of alkyl halides is 2. The van der Waals surface area contributed by atoms with Crippen molar-refractivity contribution in [1.82, 2.24) is 24.8 Å². The van der Waals surface area contributed by atoms with E-state index in [1.165, 1.54) is 23.4 Å². The second-order valence-electron chi connectivity index (χ2n) is 7.79. The first kappa shape index (κ1) is 18.2. The fourth-order valence-electron chi connectivity index (χ4n) is 4.33. The van der Waals surface area contributed by atoms with Crippen LogP contribution in [0.1, 0.15) is 58.8 Å². The van der Waals surface area contributed by atoms with E-state index in [1.807, 2.05) is 0 Å². The van der Waals surface area contributed by atoms with Crippen molar-refractivity contribution >= 4 is 17.0 Å². The zero-order chi connectivity index (χ0) is 21.3. The molecule has 0 unspecified atom stereocenters. The number of carbonyl (C=O) groups excluding carboxylic acids is 1. The highest BCUT2D eigenvalue weighted by molar-refractivity contribution is 5.93. The number of benzene rings is 1. The summed E-state index contributed by atoms with van der Waals surface area (Å²) in [7, 11) is 0. The van der Waals surface area contributed by atoms with Crippen LogP contribution in [-0.2, 0) is 5.41 Å². The quantitative estimate of drug-likeness (QED) is 0.530. The summed E-state index contributed by atoms with van der Waals surface area (Å²) in [6.07, 6.45) is 0.955. The van der Waals surface area contributed by atoms with Crippen molar-refractivity contribution in [3.63, 3.8) is 0 Å². The maximum atomic E-state index is 14.2. The van der Waals surface area contributed by atoms with Crippen molar-refractivity contribution < 1.29 is 26.8 Å². The average Bonchev–Trinajstić information content (AvgIpc) is 3.18. The van der Waals surface area contributed by atoms with Gasteiger partial charge in [-0.3, -0.25) is 4.79 Å².